The molecule has 0 bridgehead atoms. The molecule has 0 aliphatic rings. The van der Waals surface area contributed by atoms with E-state index in [-0.39, 0.29) is 18.6 Å². The molecule has 11 heteroatoms. The molecule has 0 aromatic carbocycles. The largest absolute Gasteiger partial charge is 0.473 e. The topological polar surface area (TPSA) is 124 Å². The predicted molar refractivity (Wildman–Crippen MR) is 64.2 cm³/mol. The van der Waals surface area contributed by atoms with Crippen LogP contribution in [0.3, 0.4) is 0 Å². The van der Waals surface area contributed by atoms with Gasteiger partial charge in [-0.2, -0.15) is 13.2 Å². The highest BCUT2D eigenvalue weighted by molar-refractivity contribution is 5.97. The minimum Gasteiger partial charge on any atom is -0.473 e. The summed E-state index contributed by atoms with van der Waals surface area (Å²) in [5.74, 6) is -0.828. The van der Waals surface area contributed by atoms with Gasteiger partial charge in [0, 0.05) is 24.2 Å². The third-order valence-corrected chi connectivity index (χ3v) is 2.28. The summed E-state index contributed by atoms with van der Waals surface area (Å²) in [5, 5.41) is 22.0. The van der Waals surface area contributed by atoms with Gasteiger partial charge in [0.1, 0.15) is 0 Å². The first-order valence-corrected chi connectivity index (χ1v) is 5.56. The maximum Gasteiger partial charge on any atom is 0.389 e. The summed E-state index contributed by atoms with van der Waals surface area (Å²) in [4.78, 5) is 13.6. The molecule has 0 saturated carbocycles. The number of nitrogens with zero attached hydrogens (tertiary/aromatic N) is 3. The number of aromatic nitrogens is 1. The Morgan fingerprint density at radius 1 is 1.57 bits per heavy atom. The number of nitrogens with two attached hydrogens (primary N) is 1. The molecule has 0 amide bonds. The molecule has 0 fully saturated rings. The van der Waals surface area contributed by atoms with Crippen LogP contribution in [0.5, 0.6) is 5.88 Å². The van der Waals surface area contributed by atoms with Gasteiger partial charge in [-0.25, -0.2) is 4.98 Å². The summed E-state index contributed by atoms with van der Waals surface area (Å²) in [6.07, 6.45) is -4.70. The van der Waals surface area contributed by atoms with Gasteiger partial charge >= 0.3 is 11.9 Å². The van der Waals surface area contributed by atoms with Crippen molar-refractivity contribution in [3.8, 4) is 5.88 Å². The smallest absolute Gasteiger partial charge is 0.389 e. The quantitative estimate of drug-likeness (QED) is 0.206. The lowest BCUT2D eigenvalue weighted by molar-refractivity contribution is -0.386. The van der Waals surface area contributed by atoms with Crippen molar-refractivity contribution in [2.24, 2.45) is 10.9 Å². The third kappa shape index (κ3) is 5.12. The average Bonchev–Trinajstić information content (AvgIpc) is 2.41. The first-order chi connectivity index (χ1) is 9.74. The number of nitro groups is 1. The molecule has 0 radical (unpaired) electrons. The lowest BCUT2D eigenvalue weighted by Crippen LogP contribution is -2.14. The highest BCUT2D eigenvalue weighted by Gasteiger charge is 2.26. The number of amidine groups is 1. The van der Waals surface area contributed by atoms with Crippen LogP contribution >= 0.6 is 0 Å². The Balaban J connectivity index is 2.80. The van der Waals surface area contributed by atoms with Crippen molar-refractivity contribution in [1.29, 1.82) is 0 Å². The minimum absolute atomic E-state index is 0.0214. The van der Waals surface area contributed by atoms with Crippen LogP contribution in [0.1, 0.15) is 18.4 Å². The van der Waals surface area contributed by atoms with Crippen molar-refractivity contribution < 1.29 is 28.0 Å². The number of hydrogen-bond acceptors (Lipinski definition) is 6. The standard InChI is InChI=1S/C10H11F3N4O4/c11-10(12,13)2-1-3-21-9-7(17(19)20)4-6(5-15-9)8(14)16-18/h4-5,18H,1-3H2,(H2,14,16). The van der Waals surface area contributed by atoms with E-state index in [9.17, 15) is 23.3 Å². The lowest BCUT2D eigenvalue weighted by atomic mass is 10.2. The van der Waals surface area contributed by atoms with Crippen molar-refractivity contribution in [2.75, 3.05) is 6.61 Å². The average molecular weight is 308 g/mol. The molecule has 0 saturated heterocycles. The van der Waals surface area contributed by atoms with Crippen molar-refractivity contribution in [1.82, 2.24) is 4.98 Å². The normalized spacial score (nSPS) is 12.2. The molecule has 1 rings (SSSR count). The maximum atomic E-state index is 11.9. The van der Waals surface area contributed by atoms with Gasteiger partial charge in [0.2, 0.25) is 0 Å². The van der Waals surface area contributed by atoms with Crippen LogP contribution in [0.15, 0.2) is 17.4 Å². The fourth-order valence-corrected chi connectivity index (χ4v) is 1.32. The number of hydrogen-bond donors (Lipinski definition) is 2. The second kappa shape index (κ2) is 6.72. The van der Waals surface area contributed by atoms with E-state index in [0.717, 1.165) is 12.3 Å². The molecule has 0 aliphatic carbocycles. The Kier molecular flexibility index (Phi) is 5.27. The minimum atomic E-state index is -4.32. The van der Waals surface area contributed by atoms with Gasteiger partial charge in [0.25, 0.3) is 5.88 Å². The van der Waals surface area contributed by atoms with E-state index >= 15 is 0 Å². The van der Waals surface area contributed by atoms with Gasteiger partial charge in [0.05, 0.1) is 11.5 Å². The summed E-state index contributed by atoms with van der Waals surface area (Å²) >= 11 is 0. The SMILES string of the molecule is NC(=NO)c1cnc(OCCCC(F)(F)F)c([N+](=O)[O-])c1. The summed E-state index contributed by atoms with van der Waals surface area (Å²) in [7, 11) is 0. The fourth-order valence-electron chi connectivity index (χ4n) is 1.32. The summed E-state index contributed by atoms with van der Waals surface area (Å²) in [6, 6.07) is 0.946. The monoisotopic (exact) mass is 308 g/mol. The van der Waals surface area contributed by atoms with Crippen LogP contribution in [0.2, 0.25) is 0 Å². The third-order valence-electron chi connectivity index (χ3n) is 2.28. The maximum absolute atomic E-state index is 11.9. The van der Waals surface area contributed by atoms with Gasteiger partial charge in [-0.15, -0.1) is 0 Å². The summed E-state index contributed by atoms with van der Waals surface area (Å²) < 4.78 is 40.7. The highest BCUT2D eigenvalue weighted by Crippen LogP contribution is 2.26. The van der Waals surface area contributed by atoms with Crippen LogP contribution in [0.4, 0.5) is 18.9 Å². The fraction of sp³-hybridized carbons (Fsp3) is 0.400. The van der Waals surface area contributed by atoms with Crippen LogP contribution in [-0.2, 0) is 0 Å². The number of ether oxygens (including phenoxy) is 1. The predicted octanol–water partition coefficient (Wildman–Crippen LogP) is 1.81. The van der Waals surface area contributed by atoms with Gasteiger partial charge < -0.3 is 15.7 Å². The molecule has 0 aliphatic heterocycles. The number of alkyl halides is 3. The summed E-state index contributed by atoms with van der Waals surface area (Å²) in [6.45, 7) is -0.379. The Labute approximate surface area is 116 Å². The molecule has 0 atom stereocenters. The zero-order chi connectivity index (χ0) is 16.0. The molecule has 0 unspecified atom stereocenters. The molecule has 1 heterocycles. The number of halogens is 3. The second-order valence-electron chi connectivity index (χ2n) is 3.86. The van der Waals surface area contributed by atoms with Gasteiger partial charge in [-0.3, -0.25) is 10.1 Å². The molecular weight excluding hydrogens is 297 g/mol. The summed E-state index contributed by atoms with van der Waals surface area (Å²) in [5.41, 5.74) is 4.64. The Hall–Kier alpha value is -2.59. The van der Waals surface area contributed by atoms with Gasteiger partial charge in [0.15, 0.2) is 5.84 Å². The van der Waals surface area contributed by atoms with Gasteiger partial charge in [-0.05, 0) is 6.42 Å². The number of pyridine rings is 1. The Bertz CT molecular complexity index is 548. The van der Waals surface area contributed by atoms with Crippen LogP contribution in [0, 0.1) is 10.1 Å². The van der Waals surface area contributed by atoms with Crippen molar-refractivity contribution >= 4 is 11.5 Å². The number of oxime groups is 1. The first-order valence-electron chi connectivity index (χ1n) is 5.56. The molecule has 1 aromatic rings. The van der Waals surface area contributed by atoms with Crippen molar-refractivity contribution in [3.63, 3.8) is 0 Å². The van der Waals surface area contributed by atoms with Crippen molar-refractivity contribution in [3.05, 3.63) is 27.9 Å². The Morgan fingerprint density at radius 2 is 2.24 bits per heavy atom. The number of rotatable bonds is 6. The lowest BCUT2D eigenvalue weighted by Gasteiger charge is -2.08. The zero-order valence-corrected chi connectivity index (χ0v) is 10.5. The zero-order valence-electron chi connectivity index (χ0n) is 10.5. The van der Waals surface area contributed by atoms with Gasteiger partial charge in [-0.1, -0.05) is 5.16 Å². The molecule has 0 spiro atoms. The van der Waals surface area contributed by atoms with Crippen LogP contribution in [0.25, 0.3) is 0 Å². The molecule has 116 valence electrons. The van der Waals surface area contributed by atoms with E-state index in [1.54, 1.807) is 0 Å². The molecule has 21 heavy (non-hydrogen) atoms. The molecular formula is C10H11F3N4O4. The van der Waals surface area contributed by atoms with E-state index in [2.05, 4.69) is 10.1 Å². The van der Waals surface area contributed by atoms with E-state index in [0.29, 0.717) is 0 Å². The van der Waals surface area contributed by atoms with E-state index in [1.807, 2.05) is 0 Å². The van der Waals surface area contributed by atoms with E-state index in [1.165, 1.54) is 0 Å². The molecule has 3 N–H and O–H groups in total. The highest BCUT2D eigenvalue weighted by atomic mass is 19.4. The molecule has 1 aromatic heterocycles. The Morgan fingerprint density at radius 3 is 2.76 bits per heavy atom. The van der Waals surface area contributed by atoms with E-state index < -0.39 is 34.9 Å². The first kappa shape index (κ1) is 16.5. The van der Waals surface area contributed by atoms with Crippen LogP contribution < -0.4 is 10.5 Å². The van der Waals surface area contributed by atoms with Crippen molar-refractivity contribution in [2.45, 2.75) is 19.0 Å². The van der Waals surface area contributed by atoms with Crippen LogP contribution in [-0.4, -0.2) is 33.7 Å². The molecule has 8 nitrogen and oxygen atoms in total. The second-order valence-corrected chi connectivity index (χ2v) is 3.86. The van der Waals surface area contributed by atoms with E-state index in [4.69, 9.17) is 15.7 Å².